The maximum atomic E-state index is 6.01. The Morgan fingerprint density at radius 2 is 2.10 bits per heavy atom. The fourth-order valence-corrected chi connectivity index (χ4v) is 3.58. The SMILES string of the molecule is Cc1cc(Cn2c(CCl)nc3cc(Cl)cnc32)sc1C. The van der Waals surface area contributed by atoms with Gasteiger partial charge in [-0.2, -0.15) is 0 Å². The summed E-state index contributed by atoms with van der Waals surface area (Å²) < 4.78 is 2.06. The van der Waals surface area contributed by atoms with Crippen molar-refractivity contribution in [1.82, 2.24) is 14.5 Å². The minimum atomic E-state index is 0.358. The molecule has 0 fully saturated rings. The molecule has 0 atom stereocenters. The highest BCUT2D eigenvalue weighted by molar-refractivity contribution is 7.12. The van der Waals surface area contributed by atoms with Gasteiger partial charge in [-0.15, -0.1) is 22.9 Å². The number of pyridine rings is 1. The van der Waals surface area contributed by atoms with E-state index in [0.29, 0.717) is 10.9 Å². The van der Waals surface area contributed by atoms with E-state index in [0.717, 1.165) is 23.5 Å². The molecule has 0 aliphatic heterocycles. The number of alkyl halides is 1. The van der Waals surface area contributed by atoms with Gasteiger partial charge in [-0.3, -0.25) is 0 Å². The van der Waals surface area contributed by atoms with Gasteiger partial charge in [-0.05, 0) is 31.5 Å². The molecule has 0 amide bonds. The van der Waals surface area contributed by atoms with E-state index in [4.69, 9.17) is 23.2 Å². The van der Waals surface area contributed by atoms with Crippen LogP contribution in [0, 0.1) is 13.8 Å². The molecular weight excluding hydrogens is 313 g/mol. The molecule has 3 aromatic heterocycles. The van der Waals surface area contributed by atoms with Crippen molar-refractivity contribution in [2.24, 2.45) is 0 Å². The van der Waals surface area contributed by atoms with E-state index < -0.39 is 0 Å². The van der Waals surface area contributed by atoms with Gasteiger partial charge in [-0.25, -0.2) is 9.97 Å². The summed E-state index contributed by atoms with van der Waals surface area (Å²) in [6, 6.07) is 4.03. The number of halogens is 2. The molecular formula is C14H13Cl2N3S. The van der Waals surface area contributed by atoms with Gasteiger partial charge in [-0.1, -0.05) is 11.6 Å². The number of aromatic nitrogens is 3. The molecule has 3 aromatic rings. The van der Waals surface area contributed by atoms with Crippen molar-refractivity contribution in [2.45, 2.75) is 26.3 Å². The second-order valence-electron chi connectivity index (χ2n) is 4.70. The van der Waals surface area contributed by atoms with Crippen molar-refractivity contribution < 1.29 is 0 Å². The minimum Gasteiger partial charge on any atom is -0.306 e. The fourth-order valence-electron chi connectivity index (χ4n) is 2.18. The molecule has 0 spiro atoms. The van der Waals surface area contributed by atoms with Gasteiger partial charge in [0.25, 0.3) is 0 Å². The first kappa shape index (κ1) is 13.9. The zero-order chi connectivity index (χ0) is 14.3. The fraction of sp³-hybridized carbons (Fsp3) is 0.286. The van der Waals surface area contributed by atoms with Crippen molar-refractivity contribution in [2.75, 3.05) is 0 Å². The molecule has 0 saturated heterocycles. The molecule has 0 bridgehead atoms. The van der Waals surface area contributed by atoms with E-state index in [9.17, 15) is 0 Å². The summed E-state index contributed by atoms with van der Waals surface area (Å²) in [7, 11) is 0. The van der Waals surface area contributed by atoms with Crippen molar-refractivity contribution in [3.63, 3.8) is 0 Å². The van der Waals surface area contributed by atoms with Gasteiger partial charge in [0.15, 0.2) is 5.65 Å². The number of aryl methyl sites for hydroxylation is 2. The second-order valence-corrected chi connectivity index (χ2v) is 6.74. The van der Waals surface area contributed by atoms with E-state index in [-0.39, 0.29) is 0 Å². The molecule has 0 unspecified atom stereocenters. The zero-order valence-electron chi connectivity index (χ0n) is 11.2. The maximum Gasteiger partial charge on any atom is 0.160 e. The second kappa shape index (κ2) is 5.35. The number of rotatable bonds is 3. The Labute approximate surface area is 131 Å². The van der Waals surface area contributed by atoms with E-state index >= 15 is 0 Å². The van der Waals surface area contributed by atoms with Crippen LogP contribution in [0.5, 0.6) is 0 Å². The van der Waals surface area contributed by atoms with Gasteiger partial charge < -0.3 is 4.57 Å². The van der Waals surface area contributed by atoms with Gasteiger partial charge in [0.1, 0.15) is 11.3 Å². The lowest BCUT2D eigenvalue weighted by Crippen LogP contribution is -2.03. The molecule has 104 valence electrons. The average molecular weight is 326 g/mol. The van der Waals surface area contributed by atoms with E-state index in [1.807, 2.05) is 6.07 Å². The summed E-state index contributed by atoms with van der Waals surface area (Å²) in [5.41, 5.74) is 2.93. The molecule has 6 heteroatoms. The third kappa shape index (κ3) is 2.43. The molecule has 0 aliphatic rings. The highest BCUT2D eigenvalue weighted by Crippen LogP contribution is 2.25. The van der Waals surface area contributed by atoms with E-state index in [2.05, 4.69) is 34.4 Å². The summed E-state index contributed by atoms with van der Waals surface area (Å²) in [4.78, 5) is 11.5. The molecule has 0 aliphatic carbocycles. The van der Waals surface area contributed by atoms with Crippen molar-refractivity contribution in [1.29, 1.82) is 0 Å². The van der Waals surface area contributed by atoms with Crippen LogP contribution in [0.4, 0.5) is 0 Å². The lowest BCUT2D eigenvalue weighted by molar-refractivity contribution is 0.780. The molecule has 3 heterocycles. The van der Waals surface area contributed by atoms with Gasteiger partial charge in [0.05, 0.1) is 17.4 Å². The third-order valence-corrected chi connectivity index (χ3v) is 4.86. The van der Waals surface area contributed by atoms with Crippen molar-refractivity contribution in [3.8, 4) is 0 Å². The molecule has 3 rings (SSSR count). The average Bonchev–Trinajstić information content (AvgIpc) is 2.91. The largest absolute Gasteiger partial charge is 0.306 e. The maximum absolute atomic E-state index is 6.01. The summed E-state index contributed by atoms with van der Waals surface area (Å²) in [6.45, 7) is 5.00. The molecule has 0 radical (unpaired) electrons. The Morgan fingerprint density at radius 3 is 2.75 bits per heavy atom. The first-order valence-corrected chi connectivity index (χ1v) is 7.94. The Balaban J connectivity index is 2.09. The van der Waals surface area contributed by atoms with E-state index in [1.54, 1.807) is 17.5 Å². The van der Waals surface area contributed by atoms with Crippen LogP contribution in [0.3, 0.4) is 0 Å². The number of fused-ring (bicyclic) bond motifs is 1. The normalized spacial score (nSPS) is 11.4. The van der Waals surface area contributed by atoms with Crippen LogP contribution in [-0.4, -0.2) is 14.5 Å². The lowest BCUT2D eigenvalue weighted by Gasteiger charge is -2.05. The van der Waals surface area contributed by atoms with Crippen LogP contribution >= 0.6 is 34.5 Å². The predicted molar refractivity (Wildman–Crippen MR) is 85.0 cm³/mol. The highest BCUT2D eigenvalue weighted by Gasteiger charge is 2.13. The molecule has 0 saturated carbocycles. The van der Waals surface area contributed by atoms with Crippen LogP contribution < -0.4 is 0 Å². The number of imidazole rings is 1. The van der Waals surface area contributed by atoms with Crippen LogP contribution in [0.2, 0.25) is 5.02 Å². The quantitative estimate of drug-likeness (QED) is 0.661. The van der Waals surface area contributed by atoms with Crippen LogP contribution in [-0.2, 0) is 12.4 Å². The predicted octanol–water partition coefficient (Wildman–Crippen LogP) is 4.55. The first-order valence-electron chi connectivity index (χ1n) is 6.21. The summed E-state index contributed by atoms with van der Waals surface area (Å²) >= 11 is 13.8. The lowest BCUT2D eigenvalue weighted by atomic mass is 10.3. The summed E-state index contributed by atoms with van der Waals surface area (Å²) in [5, 5.41) is 0.589. The Kier molecular flexibility index (Phi) is 3.71. The van der Waals surface area contributed by atoms with Gasteiger partial charge >= 0.3 is 0 Å². The number of hydrogen-bond donors (Lipinski definition) is 0. The highest BCUT2D eigenvalue weighted by atomic mass is 35.5. The minimum absolute atomic E-state index is 0.358. The Bertz CT molecular complexity index is 757. The molecule has 0 N–H and O–H groups in total. The van der Waals surface area contributed by atoms with Gasteiger partial charge in [0, 0.05) is 16.0 Å². The topological polar surface area (TPSA) is 30.7 Å². The van der Waals surface area contributed by atoms with Crippen LogP contribution in [0.1, 0.15) is 21.1 Å². The molecule has 20 heavy (non-hydrogen) atoms. The number of nitrogens with zero attached hydrogens (tertiary/aromatic N) is 3. The molecule has 3 nitrogen and oxygen atoms in total. The standard InChI is InChI=1S/C14H13Cl2N3S/c1-8-3-11(20-9(8)2)7-19-13(5-15)18-12-4-10(16)6-17-14(12)19/h3-4,6H,5,7H2,1-2H3. The number of thiophene rings is 1. The molecule has 0 aromatic carbocycles. The van der Waals surface area contributed by atoms with Crippen LogP contribution in [0.15, 0.2) is 18.3 Å². The van der Waals surface area contributed by atoms with Crippen molar-refractivity contribution >= 4 is 45.7 Å². The van der Waals surface area contributed by atoms with Crippen molar-refractivity contribution in [3.05, 3.63) is 44.5 Å². The monoisotopic (exact) mass is 325 g/mol. The zero-order valence-corrected chi connectivity index (χ0v) is 13.5. The number of hydrogen-bond acceptors (Lipinski definition) is 3. The summed E-state index contributed by atoms with van der Waals surface area (Å²) in [5.74, 6) is 1.18. The third-order valence-electron chi connectivity index (χ3n) is 3.28. The van der Waals surface area contributed by atoms with Crippen LogP contribution in [0.25, 0.3) is 11.2 Å². The smallest absolute Gasteiger partial charge is 0.160 e. The Morgan fingerprint density at radius 1 is 1.30 bits per heavy atom. The summed E-state index contributed by atoms with van der Waals surface area (Å²) in [6.07, 6.45) is 1.64. The Hall–Kier alpha value is -1.10. The first-order chi connectivity index (χ1) is 9.58. The van der Waals surface area contributed by atoms with E-state index in [1.165, 1.54) is 15.3 Å². The van der Waals surface area contributed by atoms with Gasteiger partial charge in [0.2, 0.25) is 0 Å².